The molecule has 9 aromatic rings. The number of amides is 3. The Morgan fingerprint density at radius 2 is 0.775 bits per heavy atom. The standard InChI is InChI=1S/2C24H29N5O2.C22H26N6O.3C7H13NO.2H2S/c2*1-15(21-8-5-10-28(21)2)31-24-26-20-14-29(11-9-19(20)23(25)27-24)22-13-17(30)12-16-6-3-4-7-18(16)22;1-26(2)15-11-28(12-15)22-24-19-13-27(8-7-18(19)21(23)25-22)20-10-16(29)9-14-5-3-4-6-17(14)20;3*1-4-7(9)8(5-2)6-3;;/h2*3-4,6-7,12-13,15,21,30H,5,8-11,14H2,1-2H3,(H2,25,26,27);3-6,9-10,15,29H,7-8,11-13H2,1-2H3,(H2,23,24,25);3*4H,1,5-6H2,2-3H3;2*1H2/t2*15-,21-;;;;;;/m10....../s1. The van der Waals surface area contributed by atoms with Gasteiger partial charge in [-0.25, -0.2) is 4.98 Å². The van der Waals surface area contributed by atoms with E-state index in [-0.39, 0.29) is 74.2 Å². The molecule has 6 aromatic carbocycles. The lowest BCUT2D eigenvalue weighted by Gasteiger charge is -2.43. The molecule has 15 rings (SSSR count). The molecule has 6 aliphatic heterocycles. The number of aromatic hydroxyl groups is 3. The average molecular weight is 1680 g/mol. The normalized spacial score (nSPS) is 16.4. The van der Waals surface area contributed by atoms with Crippen LogP contribution in [0.2, 0.25) is 0 Å². The van der Waals surface area contributed by atoms with Crippen molar-refractivity contribution in [3.63, 3.8) is 0 Å². The molecule has 0 radical (unpaired) electrons. The van der Waals surface area contributed by atoms with Gasteiger partial charge in [0.05, 0.1) is 36.7 Å². The van der Waals surface area contributed by atoms with Crippen LogP contribution in [0.4, 0.5) is 40.5 Å². The molecule has 646 valence electrons. The number of phenols is 3. The highest BCUT2D eigenvalue weighted by Gasteiger charge is 2.35. The van der Waals surface area contributed by atoms with Gasteiger partial charge in [0.25, 0.3) is 0 Å². The van der Waals surface area contributed by atoms with Crippen molar-refractivity contribution in [3.8, 4) is 29.3 Å². The summed E-state index contributed by atoms with van der Waals surface area (Å²) in [6.07, 6.45) is 11.0. The van der Waals surface area contributed by atoms with Crippen LogP contribution in [-0.2, 0) is 53.3 Å². The number of fused-ring (bicyclic) bond motifs is 6. The maximum Gasteiger partial charge on any atom is 0.318 e. The van der Waals surface area contributed by atoms with E-state index in [9.17, 15) is 29.7 Å². The summed E-state index contributed by atoms with van der Waals surface area (Å²) in [7, 11) is 8.47. The molecule has 9 heterocycles. The van der Waals surface area contributed by atoms with E-state index in [0.29, 0.717) is 67.2 Å². The van der Waals surface area contributed by atoms with Gasteiger partial charge in [0.15, 0.2) is 0 Å². The van der Waals surface area contributed by atoms with Crippen molar-refractivity contribution < 1.29 is 39.2 Å². The molecule has 6 aliphatic rings. The highest BCUT2D eigenvalue weighted by Crippen LogP contribution is 2.40. The fourth-order valence-electron chi connectivity index (χ4n) is 16.3. The van der Waals surface area contributed by atoms with Gasteiger partial charge in [-0.05, 0) is 194 Å². The summed E-state index contributed by atoms with van der Waals surface area (Å²) in [6.45, 7) is 38.9. The Morgan fingerprint density at radius 1 is 0.467 bits per heavy atom. The summed E-state index contributed by atoms with van der Waals surface area (Å²) in [5.74, 6) is 3.18. The number of likely N-dealkylation sites (tertiary alicyclic amines) is 2. The summed E-state index contributed by atoms with van der Waals surface area (Å²) in [5.41, 5.74) is 27.8. The minimum absolute atomic E-state index is 0. The van der Waals surface area contributed by atoms with Gasteiger partial charge in [-0.1, -0.05) is 92.5 Å². The van der Waals surface area contributed by atoms with Crippen LogP contribution in [0.5, 0.6) is 29.3 Å². The smallest absolute Gasteiger partial charge is 0.318 e. The molecular weight excluding hydrogens is 1550 g/mol. The first kappa shape index (κ1) is 94.6. The molecule has 3 fully saturated rings. The highest BCUT2D eigenvalue weighted by molar-refractivity contribution is 7.59. The Balaban J connectivity index is 0.000000193. The van der Waals surface area contributed by atoms with Crippen molar-refractivity contribution in [2.75, 3.05) is 150 Å². The van der Waals surface area contributed by atoms with Crippen LogP contribution < -0.4 is 46.3 Å². The average Bonchev–Trinajstić information content (AvgIpc) is 0.963. The quantitative estimate of drug-likeness (QED) is 0.0386. The zero-order valence-electron chi connectivity index (χ0n) is 72.2. The van der Waals surface area contributed by atoms with Gasteiger partial charge < -0.3 is 81.2 Å². The van der Waals surface area contributed by atoms with Gasteiger partial charge >= 0.3 is 12.0 Å². The van der Waals surface area contributed by atoms with Gasteiger partial charge in [-0.15, -0.1) is 0 Å². The van der Waals surface area contributed by atoms with Crippen LogP contribution >= 0.6 is 27.0 Å². The number of ether oxygens (including phenoxy) is 2. The van der Waals surface area contributed by atoms with Crippen molar-refractivity contribution in [3.05, 3.63) is 181 Å². The number of carbonyl (C=O) groups is 3. The fourth-order valence-corrected chi connectivity index (χ4v) is 16.3. The van der Waals surface area contributed by atoms with E-state index in [2.05, 4.69) is 129 Å². The monoisotopic (exact) mass is 1680 g/mol. The first-order valence-corrected chi connectivity index (χ1v) is 41.5. The molecule has 4 atom stereocenters. The highest BCUT2D eigenvalue weighted by atomic mass is 32.1. The first-order valence-electron chi connectivity index (χ1n) is 41.5. The zero-order chi connectivity index (χ0) is 85.0. The SMILES string of the molecule is C=CC(=O)N(CC)CC.C=CC(=O)N(CC)CC.C=CC(=O)N(CC)CC.CN(C)C1CN(c2nc(N)c3c(n2)CN(c2cc(O)cc4ccccc24)CC3)C1.C[C@@H](Oc1nc(N)c2c(n1)CN(c1cc(O)cc3ccccc13)CC2)[C@H]1CCCN1C.C[C@H](Oc1nc(N)c2c(n1)CN(c1cc(O)cc3ccccc13)CC2)[C@@H]1CCCN1C.S.S. The number of nitrogen functional groups attached to an aromatic ring is 3. The van der Waals surface area contributed by atoms with E-state index >= 15 is 0 Å². The van der Waals surface area contributed by atoms with E-state index in [1.54, 1.807) is 32.9 Å². The Labute approximate surface area is 722 Å². The van der Waals surface area contributed by atoms with Crippen LogP contribution in [0.1, 0.15) is 115 Å². The predicted molar refractivity (Wildman–Crippen MR) is 497 cm³/mol. The molecule has 120 heavy (non-hydrogen) atoms. The number of phenolic OH excluding ortho intramolecular Hbond substituents is 3. The first-order chi connectivity index (χ1) is 56.7. The predicted octanol–water partition coefficient (Wildman–Crippen LogP) is 12.3. The maximum atomic E-state index is 10.8. The molecule has 0 aliphatic carbocycles. The molecule has 9 N–H and O–H groups in total. The number of nitrogens with two attached hydrogens (primary N) is 3. The third-order valence-corrected chi connectivity index (χ3v) is 23.2. The van der Waals surface area contributed by atoms with Crippen molar-refractivity contribution in [2.45, 2.75) is 150 Å². The van der Waals surface area contributed by atoms with Gasteiger partial charge in [0.1, 0.15) is 46.9 Å². The Morgan fingerprint density at radius 3 is 1.06 bits per heavy atom. The summed E-state index contributed by atoms with van der Waals surface area (Å²) in [5, 5.41) is 37.2. The van der Waals surface area contributed by atoms with Crippen LogP contribution in [0.3, 0.4) is 0 Å². The molecule has 3 aromatic heterocycles. The summed E-state index contributed by atoms with van der Waals surface area (Å²) in [4.78, 5) is 81.2. The van der Waals surface area contributed by atoms with E-state index in [1.807, 2.05) is 114 Å². The van der Waals surface area contributed by atoms with Crippen LogP contribution in [0, 0.1) is 0 Å². The number of rotatable bonds is 20. The number of anilines is 7. The van der Waals surface area contributed by atoms with Crippen molar-refractivity contribution in [2.24, 2.45) is 0 Å². The Kier molecular flexibility index (Phi) is 35.0. The van der Waals surface area contributed by atoms with Gasteiger partial charge in [-0.3, -0.25) is 24.2 Å². The number of hydrogen-bond acceptors (Lipinski definition) is 24. The lowest BCUT2D eigenvalue weighted by atomic mass is 10.0. The van der Waals surface area contributed by atoms with Crippen molar-refractivity contribution in [1.29, 1.82) is 0 Å². The minimum Gasteiger partial charge on any atom is -0.508 e. The number of nitrogens with zero attached hydrogens (tertiary/aromatic N) is 16. The Bertz CT molecular complexity index is 4720. The molecule has 3 amide bonds. The largest absolute Gasteiger partial charge is 0.508 e. The Hall–Kier alpha value is -10.9. The van der Waals surface area contributed by atoms with Gasteiger partial charge in [0.2, 0.25) is 23.7 Å². The van der Waals surface area contributed by atoms with Crippen LogP contribution in [0.25, 0.3) is 32.3 Å². The lowest BCUT2D eigenvalue weighted by molar-refractivity contribution is -0.126. The van der Waals surface area contributed by atoms with E-state index in [4.69, 9.17) is 41.6 Å². The number of carbonyl (C=O) groups excluding carboxylic acids is 3. The summed E-state index contributed by atoms with van der Waals surface area (Å²) < 4.78 is 12.3. The fraction of sp³-hybridized carbons (Fsp3) is 0.440. The van der Waals surface area contributed by atoms with E-state index in [0.717, 1.165) is 206 Å². The second-order valence-corrected chi connectivity index (χ2v) is 30.7. The second-order valence-electron chi connectivity index (χ2n) is 30.7. The second kappa shape index (κ2) is 44.4. The molecular formula is C91H127N19O8S2. The van der Waals surface area contributed by atoms with Crippen molar-refractivity contribution in [1.82, 2.24) is 59.3 Å². The van der Waals surface area contributed by atoms with Gasteiger partial charge in [0, 0.05) is 158 Å². The summed E-state index contributed by atoms with van der Waals surface area (Å²) >= 11 is 0. The number of benzene rings is 6. The molecule has 3 saturated heterocycles. The summed E-state index contributed by atoms with van der Waals surface area (Å²) in [6, 6.07) is 37.2. The van der Waals surface area contributed by atoms with Crippen LogP contribution in [-0.4, -0.2) is 236 Å². The minimum atomic E-state index is -0.000317. The molecule has 0 saturated carbocycles. The number of likely N-dealkylation sites (N-methyl/N-ethyl adjacent to an activating group) is 6. The zero-order valence-corrected chi connectivity index (χ0v) is 74.2. The number of aromatic nitrogens is 6. The third-order valence-electron chi connectivity index (χ3n) is 23.2. The van der Waals surface area contributed by atoms with Gasteiger partial charge in [-0.2, -0.15) is 51.9 Å². The van der Waals surface area contributed by atoms with E-state index in [1.165, 1.54) is 31.1 Å². The molecule has 0 spiro atoms. The van der Waals surface area contributed by atoms with E-state index < -0.39 is 0 Å². The van der Waals surface area contributed by atoms with Crippen LogP contribution in [0.15, 0.2) is 147 Å². The number of hydrogen-bond donors (Lipinski definition) is 6. The maximum absolute atomic E-state index is 10.8. The lowest BCUT2D eigenvalue weighted by Crippen LogP contribution is -2.58. The molecule has 27 nitrogen and oxygen atoms in total. The third kappa shape index (κ3) is 23.4. The molecule has 0 unspecified atom stereocenters. The topological polar surface area (TPSA) is 318 Å². The molecule has 29 heteroatoms. The van der Waals surface area contributed by atoms with Crippen molar-refractivity contribution >= 4 is 117 Å². The molecule has 0 bridgehead atoms.